The number of fused-ring (bicyclic) bond motifs is 1. The smallest absolute Gasteiger partial charge is 0.354 e. The van der Waals surface area contributed by atoms with E-state index in [-0.39, 0.29) is 5.69 Å². The molecule has 0 bridgehead atoms. The molecule has 1 N–H and O–H groups in total. The second kappa shape index (κ2) is 5.87. The number of hydrogen-bond donors (Lipinski definition) is 1. The summed E-state index contributed by atoms with van der Waals surface area (Å²) < 4.78 is 0.979. The van der Waals surface area contributed by atoms with E-state index in [9.17, 15) is 9.90 Å². The summed E-state index contributed by atoms with van der Waals surface area (Å²) in [6, 6.07) is 17.0. The predicted octanol–water partition coefficient (Wildman–Crippen LogP) is 4.85. The van der Waals surface area contributed by atoms with E-state index in [1.54, 1.807) is 6.07 Å². The van der Waals surface area contributed by atoms with Crippen LogP contribution in [0.5, 0.6) is 0 Å². The maximum Gasteiger partial charge on any atom is 0.354 e. The fourth-order valence-corrected chi connectivity index (χ4v) is 3.51. The van der Waals surface area contributed by atoms with Crippen LogP contribution in [0.2, 0.25) is 0 Å². The van der Waals surface area contributed by atoms with Crippen LogP contribution in [-0.2, 0) is 0 Å². The summed E-state index contributed by atoms with van der Waals surface area (Å²) in [5, 5.41) is 10.2. The molecule has 0 aliphatic rings. The van der Waals surface area contributed by atoms with Crippen molar-refractivity contribution >= 4 is 44.6 Å². The van der Waals surface area contributed by atoms with Gasteiger partial charge in [-0.25, -0.2) is 9.78 Å². The van der Waals surface area contributed by atoms with Gasteiger partial charge in [-0.2, -0.15) is 0 Å². The highest BCUT2D eigenvalue weighted by atomic mass is 79.9. The summed E-state index contributed by atoms with van der Waals surface area (Å²) in [6.07, 6.45) is 0. The maximum atomic E-state index is 11.2. The van der Waals surface area contributed by atoms with E-state index in [2.05, 4.69) is 20.9 Å². The molecular weight excluding hydrogens is 350 g/mol. The van der Waals surface area contributed by atoms with E-state index in [0.717, 1.165) is 19.6 Å². The molecule has 0 atom stereocenters. The molecule has 0 radical (unpaired) electrons. The predicted molar refractivity (Wildman–Crippen MR) is 87.0 cm³/mol. The first-order valence-corrected chi connectivity index (χ1v) is 7.81. The number of carbonyl (C=O) groups is 1. The monoisotopic (exact) mass is 359 g/mol. The van der Waals surface area contributed by atoms with Gasteiger partial charge < -0.3 is 5.11 Å². The van der Waals surface area contributed by atoms with Crippen LogP contribution < -0.4 is 0 Å². The summed E-state index contributed by atoms with van der Waals surface area (Å²) in [6.45, 7) is 0. The van der Waals surface area contributed by atoms with Gasteiger partial charge in [0.1, 0.15) is 5.69 Å². The molecule has 3 aromatic rings. The number of nitrogens with zero attached hydrogens (tertiary/aromatic N) is 1. The SMILES string of the molecule is O=C(O)c1cc(Sc2ccccc2Br)c2ccccc2n1. The third-order valence-electron chi connectivity index (χ3n) is 2.95. The second-order valence-corrected chi connectivity index (χ2v) is 6.30. The van der Waals surface area contributed by atoms with Gasteiger partial charge in [0.25, 0.3) is 0 Å². The van der Waals surface area contributed by atoms with Crippen LogP contribution in [0.3, 0.4) is 0 Å². The summed E-state index contributed by atoms with van der Waals surface area (Å²) >= 11 is 5.04. The molecule has 0 spiro atoms. The first-order chi connectivity index (χ1) is 10.1. The minimum Gasteiger partial charge on any atom is -0.477 e. The Hall–Kier alpha value is -1.85. The van der Waals surface area contributed by atoms with Crippen molar-refractivity contribution in [2.75, 3.05) is 0 Å². The Morgan fingerprint density at radius 2 is 1.76 bits per heavy atom. The van der Waals surface area contributed by atoms with Gasteiger partial charge in [-0.05, 0) is 40.2 Å². The highest BCUT2D eigenvalue weighted by Gasteiger charge is 2.12. The number of carboxylic acids is 1. The minimum absolute atomic E-state index is 0.0586. The molecule has 1 heterocycles. The lowest BCUT2D eigenvalue weighted by molar-refractivity contribution is 0.0690. The van der Waals surface area contributed by atoms with Gasteiger partial charge in [-0.1, -0.05) is 42.1 Å². The van der Waals surface area contributed by atoms with Gasteiger partial charge in [0.2, 0.25) is 0 Å². The Morgan fingerprint density at radius 3 is 2.52 bits per heavy atom. The number of para-hydroxylation sites is 1. The van der Waals surface area contributed by atoms with Crippen molar-refractivity contribution in [1.29, 1.82) is 0 Å². The number of rotatable bonds is 3. The van der Waals surface area contributed by atoms with Crippen LogP contribution >= 0.6 is 27.7 Å². The molecule has 0 amide bonds. The lowest BCUT2D eigenvalue weighted by Crippen LogP contribution is -2.00. The number of carboxylic acid groups (broad SMARTS) is 1. The van der Waals surface area contributed by atoms with Crippen molar-refractivity contribution < 1.29 is 9.90 Å². The molecule has 0 fully saturated rings. The molecule has 21 heavy (non-hydrogen) atoms. The van der Waals surface area contributed by atoms with Crippen molar-refractivity contribution in [3.8, 4) is 0 Å². The number of pyridine rings is 1. The van der Waals surface area contributed by atoms with E-state index in [0.29, 0.717) is 5.52 Å². The molecule has 3 nitrogen and oxygen atoms in total. The molecule has 2 aromatic carbocycles. The summed E-state index contributed by atoms with van der Waals surface area (Å²) in [7, 11) is 0. The van der Waals surface area contributed by atoms with Gasteiger partial charge in [0.05, 0.1) is 5.52 Å². The van der Waals surface area contributed by atoms with Crippen molar-refractivity contribution in [2.24, 2.45) is 0 Å². The zero-order chi connectivity index (χ0) is 14.8. The fourth-order valence-electron chi connectivity index (χ4n) is 1.98. The molecule has 3 rings (SSSR count). The van der Waals surface area contributed by atoms with Gasteiger partial charge in [0.15, 0.2) is 0 Å². The Labute approximate surface area is 134 Å². The fraction of sp³-hybridized carbons (Fsp3) is 0. The van der Waals surface area contributed by atoms with Crippen LogP contribution in [0.4, 0.5) is 0 Å². The van der Waals surface area contributed by atoms with E-state index < -0.39 is 5.97 Å². The number of benzene rings is 2. The lowest BCUT2D eigenvalue weighted by atomic mass is 10.2. The number of aromatic nitrogens is 1. The minimum atomic E-state index is -1.02. The Balaban J connectivity index is 2.16. The maximum absolute atomic E-state index is 11.2. The average Bonchev–Trinajstić information content (AvgIpc) is 2.49. The molecule has 0 saturated heterocycles. The van der Waals surface area contributed by atoms with Crippen LogP contribution in [-0.4, -0.2) is 16.1 Å². The Bertz CT molecular complexity index is 835. The molecule has 5 heteroatoms. The summed E-state index contributed by atoms with van der Waals surface area (Å²) in [5.74, 6) is -1.02. The van der Waals surface area contributed by atoms with Gasteiger partial charge >= 0.3 is 5.97 Å². The normalized spacial score (nSPS) is 10.7. The Kier molecular flexibility index (Phi) is 3.94. The van der Waals surface area contributed by atoms with E-state index in [1.165, 1.54) is 11.8 Å². The molecule has 0 unspecified atom stereocenters. The average molecular weight is 360 g/mol. The topological polar surface area (TPSA) is 50.2 Å². The number of hydrogen-bond acceptors (Lipinski definition) is 3. The van der Waals surface area contributed by atoms with Crippen LogP contribution in [0, 0.1) is 0 Å². The summed E-state index contributed by atoms with van der Waals surface area (Å²) in [4.78, 5) is 17.3. The third kappa shape index (κ3) is 2.94. The van der Waals surface area contributed by atoms with Gasteiger partial charge in [0, 0.05) is 19.6 Å². The zero-order valence-electron chi connectivity index (χ0n) is 10.8. The van der Waals surface area contributed by atoms with E-state index in [1.807, 2.05) is 48.5 Å². The Morgan fingerprint density at radius 1 is 1.05 bits per heavy atom. The third-order valence-corrected chi connectivity index (χ3v) is 5.04. The quantitative estimate of drug-likeness (QED) is 0.726. The van der Waals surface area contributed by atoms with Crippen LogP contribution in [0.25, 0.3) is 10.9 Å². The second-order valence-electron chi connectivity index (χ2n) is 4.36. The summed E-state index contributed by atoms with van der Waals surface area (Å²) in [5.41, 5.74) is 0.746. The standard InChI is InChI=1S/C16H10BrNO2S/c17-11-6-2-4-8-14(11)21-15-9-13(16(19)20)18-12-7-3-1-5-10(12)15/h1-9H,(H,19,20). The first kappa shape index (κ1) is 14.1. The highest BCUT2D eigenvalue weighted by molar-refractivity contribution is 9.10. The van der Waals surface area contributed by atoms with Crippen molar-refractivity contribution in [1.82, 2.24) is 4.98 Å². The van der Waals surface area contributed by atoms with Crippen LogP contribution in [0.1, 0.15) is 10.5 Å². The van der Waals surface area contributed by atoms with Crippen molar-refractivity contribution in [3.05, 3.63) is 64.8 Å². The molecular formula is C16H10BrNO2S. The van der Waals surface area contributed by atoms with E-state index in [4.69, 9.17) is 0 Å². The molecule has 0 saturated carbocycles. The largest absolute Gasteiger partial charge is 0.477 e. The molecule has 0 aliphatic carbocycles. The molecule has 1 aromatic heterocycles. The van der Waals surface area contributed by atoms with Gasteiger partial charge in [-0.15, -0.1) is 0 Å². The van der Waals surface area contributed by atoms with Gasteiger partial charge in [-0.3, -0.25) is 0 Å². The zero-order valence-corrected chi connectivity index (χ0v) is 13.2. The number of halogens is 1. The molecule has 104 valence electrons. The van der Waals surface area contributed by atoms with E-state index >= 15 is 0 Å². The number of aromatic carboxylic acids is 1. The highest BCUT2D eigenvalue weighted by Crippen LogP contribution is 2.37. The molecule has 0 aliphatic heterocycles. The first-order valence-electron chi connectivity index (χ1n) is 6.20. The van der Waals surface area contributed by atoms with Crippen LogP contribution in [0.15, 0.2) is 68.9 Å². The lowest BCUT2D eigenvalue weighted by Gasteiger charge is -2.08. The van der Waals surface area contributed by atoms with Crippen molar-refractivity contribution in [3.63, 3.8) is 0 Å². The van der Waals surface area contributed by atoms with Crippen molar-refractivity contribution in [2.45, 2.75) is 9.79 Å².